The minimum atomic E-state index is 0.538. The van der Waals surface area contributed by atoms with Gasteiger partial charge in [0.2, 0.25) is 5.89 Å². The molecule has 0 saturated heterocycles. The Hall–Kier alpha value is -4.57. The normalized spacial score (nSPS) is 14.9. The summed E-state index contributed by atoms with van der Waals surface area (Å²) in [5.41, 5.74) is 9.19. The Balaban J connectivity index is 1.13. The Kier molecular flexibility index (Phi) is 4.78. The zero-order valence-corrected chi connectivity index (χ0v) is 19.9. The highest BCUT2D eigenvalue weighted by Crippen LogP contribution is 2.38. The molecule has 4 aromatic carbocycles. The van der Waals surface area contributed by atoms with Gasteiger partial charge in [-0.1, -0.05) is 55.5 Å². The van der Waals surface area contributed by atoms with Crippen LogP contribution in [-0.2, 0) is 6.42 Å². The maximum absolute atomic E-state index is 6.30. The van der Waals surface area contributed by atoms with E-state index in [9.17, 15) is 0 Å². The van der Waals surface area contributed by atoms with Gasteiger partial charge in [0.25, 0.3) is 0 Å². The summed E-state index contributed by atoms with van der Waals surface area (Å²) in [5, 5.41) is 4.71. The number of allylic oxidation sites excluding steroid dienone is 1. The second-order valence-corrected chi connectivity index (χ2v) is 9.43. The number of hydrogen-bond donors (Lipinski definition) is 1. The Labute approximate surface area is 208 Å². The molecule has 1 atom stereocenters. The van der Waals surface area contributed by atoms with E-state index >= 15 is 0 Å². The largest absolute Gasteiger partial charge is 0.456 e. The van der Waals surface area contributed by atoms with Gasteiger partial charge in [0.15, 0.2) is 5.58 Å². The first-order valence-corrected chi connectivity index (χ1v) is 12.3. The third-order valence-electron chi connectivity index (χ3n) is 6.86. The first-order chi connectivity index (χ1) is 17.7. The number of para-hydroxylation sites is 3. The summed E-state index contributed by atoms with van der Waals surface area (Å²) in [7, 11) is 0. The summed E-state index contributed by atoms with van der Waals surface area (Å²) < 4.78 is 12.2. The van der Waals surface area contributed by atoms with Gasteiger partial charge in [-0.05, 0) is 72.5 Å². The SMILES string of the molecule is CC1C=Cc2oc3c(-c4ccc(Nc5ccc(-c6nc7ccccc7o6)cc5)cc4)cccc3c2C1. The van der Waals surface area contributed by atoms with Gasteiger partial charge in [-0.25, -0.2) is 4.98 Å². The number of hydrogen-bond acceptors (Lipinski definition) is 4. The third-order valence-corrected chi connectivity index (χ3v) is 6.86. The van der Waals surface area contributed by atoms with E-state index in [-0.39, 0.29) is 0 Å². The molecule has 6 aromatic rings. The van der Waals surface area contributed by atoms with Crippen LogP contribution in [0.15, 0.2) is 106 Å². The minimum absolute atomic E-state index is 0.538. The van der Waals surface area contributed by atoms with Gasteiger partial charge in [-0.15, -0.1) is 0 Å². The lowest BCUT2D eigenvalue weighted by molar-refractivity contribution is 0.585. The van der Waals surface area contributed by atoms with Crippen LogP contribution < -0.4 is 5.32 Å². The quantitative estimate of drug-likeness (QED) is 0.281. The van der Waals surface area contributed by atoms with Crippen LogP contribution in [0.4, 0.5) is 11.4 Å². The van der Waals surface area contributed by atoms with Crippen molar-refractivity contribution in [1.82, 2.24) is 4.98 Å². The van der Waals surface area contributed by atoms with Gasteiger partial charge >= 0.3 is 0 Å². The van der Waals surface area contributed by atoms with E-state index < -0.39 is 0 Å². The fourth-order valence-electron chi connectivity index (χ4n) is 4.99. The Morgan fingerprint density at radius 2 is 1.53 bits per heavy atom. The molecule has 1 N–H and O–H groups in total. The number of benzene rings is 4. The second-order valence-electron chi connectivity index (χ2n) is 9.43. The van der Waals surface area contributed by atoms with Crippen molar-refractivity contribution in [3.8, 4) is 22.6 Å². The lowest BCUT2D eigenvalue weighted by atomic mass is 9.92. The molecular weight excluding hydrogens is 444 g/mol. The van der Waals surface area contributed by atoms with E-state index in [1.54, 1.807) is 0 Å². The lowest BCUT2D eigenvalue weighted by Crippen LogP contribution is -2.00. The molecule has 4 heteroatoms. The predicted octanol–water partition coefficient (Wildman–Crippen LogP) is 8.86. The van der Waals surface area contributed by atoms with Crippen LogP contribution in [0.5, 0.6) is 0 Å². The summed E-state index contributed by atoms with van der Waals surface area (Å²) >= 11 is 0. The summed E-state index contributed by atoms with van der Waals surface area (Å²) in [4.78, 5) is 4.58. The topological polar surface area (TPSA) is 51.2 Å². The van der Waals surface area contributed by atoms with E-state index in [1.807, 2.05) is 48.5 Å². The van der Waals surface area contributed by atoms with E-state index in [1.165, 1.54) is 10.9 Å². The third kappa shape index (κ3) is 3.59. The van der Waals surface area contributed by atoms with E-state index in [0.29, 0.717) is 11.8 Å². The van der Waals surface area contributed by atoms with Gasteiger partial charge < -0.3 is 14.2 Å². The standard InChI is InChI=1S/C32H24N2O2/c1-20-9-18-29-27(19-20)26-6-4-5-25(31(26)35-29)21-10-14-23(15-11-21)33-24-16-12-22(13-17-24)32-34-28-7-2-3-8-30(28)36-32/h2-18,20,33H,19H2,1H3. The van der Waals surface area contributed by atoms with Crippen molar-refractivity contribution in [2.45, 2.75) is 13.3 Å². The van der Waals surface area contributed by atoms with Crippen LogP contribution >= 0.6 is 0 Å². The highest BCUT2D eigenvalue weighted by atomic mass is 16.3. The summed E-state index contributed by atoms with van der Waals surface area (Å²) in [6, 6.07) is 30.9. The Bertz CT molecular complexity index is 1700. The van der Waals surface area contributed by atoms with E-state index in [4.69, 9.17) is 8.83 Å². The van der Waals surface area contributed by atoms with Crippen molar-refractivity contribution >= 4 is 39.5 Å². The first-order valence-electron chi connectivity index (χ1n) is 12.3. The molecule has 36 heavy (non-hydrogen) atoms. The lowest BCUT2D eigenvalue weighted by Gasteiger charge is -2.10. The van der Waals surface area contributed by atoms with Gasteiger partial charge in [0.1, 0.15) is 16.9 Å². The molecule has 0 bridgehead atoms. The molecule has 0 saturated carbocycles. The second kappa shape index (κ2) is 8.28. The zero-order chi connectivity index (χ0) is 24.1. The molecular formula is C32H24N2O2. The molecule has 174 valence electrons. The fourth-order valence-corrected chi connectivity index (χ4v) is 4.99. The minimum Gasteiger partial charge on any atom is -0.456 e. The maximum atomic E-state index is 6.30. The number of oxazole rings is 1. The first kappa shape index (κ1) is 20.8. The molecule has 4 nitrogen and oxygen atoms in total. The fraction of sp³-hybridized carbons (Fsp3) is 0.0938. The van der Waals surface area contributed by atoms with Crippen LogP contribution in [0.1, 0.15) is 18.2 Å². The van der Waals surface area contributed by atoms with Crippen molar-refractivity contribution in [3.63, 3.8) is 0 Å². The van der Waals surface area contributed by atoms with Crippen molar-refractivity contribution in [2.75, 3.05) is 5.32 Å². The molecule has 1 unspecified atom stereocenters. The maximum Gasteiger partial charge on any atom is 0.227 e. The molecule has 0 amide bonds. The van der Waals surface area contributed by atoms with Crippen LogP contribution in [0.25, 0.3) is 50.7 Å². The van der Waals surface area contributed by atoms with Crippen LogP contribution in [0.2, 0.25) is 0 Å². The Morgan fingerprint density at radius 3 is 2.31 bits per heavy atom. The van der Waals surface area contributed by atoms with E-state index in [0.717, 1.165) is 56.9 Å². The van der Waals surface area contributed by atoms with E-state index in [2.05, 4.69) is 71.8 Å². The smallest absolute Gasteiger partial charge is 0.227 e. The molecule has 1 aliphatic carbocycles. The summed E-state index contributed by atoms with van der Waals surface area (Å²) in [6.07, 6.45) is 5.37. The monoisotopic (exact) mass is 468 g/mol. The number of rotatable bonds is 4. The number of anilines is 2. The highest BCUT2D eigenvalue weighted by molar-refractivity contribution is 5.96. The van der Waals surface area contributed by atoms with Crippen molar-refractivity contribution in [3.05, 3.63) is 108 Å². The number of furan rings is 1. The number of nitrogens with zero attached hydrogens (tertiary/aromatic N) is 1. The van der Waals surface area contributed by atoms with Crippen LogP contribution in [0.3, 0.4) is 0 Å². The molecule has 2 heterocycles. The Morgan fingerprint density at radius 1 is 0.778 bits per heavy atom. The molecule has 2 aromatic heterocycles. The van der Waals surface area contributed by atoms with Crippen molar-refractivity contribution < 1.29 is 8.83 Å². The number of aromatic nitrogens is 1. The molecule has 0 fully saturated rings. The van der Waals surface area contributed by atoms with Crippen molar-refractivity contribution in [2.24, 2.45) is 5.92 Å². The molecule has 0 spiro atoms. The summed E-state index contributed by atoms with van der Waals surface area (Å²) in [5.74, 6) is 2.16. The van der Waals surface area contributed by atoms with Gasteiger partial charge in [0.05, 0.1) is 0 Å². The molecule has 0 radical (unpaired) electrons. The van der Waals surface area contributed by atoms with Gasteiger partial charge in [-0.3, -0.25) is 0 Å². The average Bonchev–Trinajstić information content (AvgIpc) is 3.51. The summed E-state index contributed by atoms with van der Waals surface area (Å²) in [6.45, 7) is 2.25. The zero-order valence-electron chi connectivity index (χ0n) is 19.9. The average molecular weight is 469 g/mol. The molecule has 1 aliphatic rings. The van der Waals surface area contributed by atoms with Crippen molar-refractivity contribution in [1.29, 1.82) is 0 Å². The van der Waals surface area contributed by atoms with Crippen LogP contribution in [-0.4, -0.2) is 4.98 Å². The number of fused-ring (bicyclic) bond motifs is 4. The predicted molar refractivity (Wildman–Crippen MR) is 146 cm³/mol. The van der Waals surface area contributed by atoms with Gasteiger partial charge in [0, 0.05) is 33.5 Å². The van der Waals surface area contributed by atoms with Gasteiger partial charge in [-0.2, -0.15) is 0 Å². The number of nitrogens with one attached hydrogen (secondary N) is 1. The van der Waals surface area contributed by atoms with Crippen LogP contribution in [0, 0.1) is 5.92 Å². The molecule has 7 rings (SSSR count). The highest BCUT2D eigenvalue weighted by Gasteiger charge is 2.20. The molecule has 0 aliphatic heterocycles.